The van der Waals surface area contributed by atoms with Gasteiger partial charge in [0.15, 0.2) is 0 Å². The zero-order valence-corrected chi connectivity index (χ0v) is 13.0. The number of nitrogens with zero attached hydrogens (tertiary/aromatic N) is 2. The largest absolute Gasteiger partial charge is 0.380 e. The van der Waals surface area contributed by atoms with Gasteiger partial charge in [0.25, 0.3) is 11.6 Å². The molecule has 0 unspecified atom stereocenters. The number of nitro groups is 1. The van der Waals surface area contributed by atoms with Crippen molar-refractivity contribution in [2.45, 2.75) is 39.7 Å². The number of nitro benzene ring substituents is 1. The average Bonchev–Trinajstić information content (AvgIpc) is 2.48. The van der Waals surface area contributed by atoms with Gasteiger partial charge in [-0.05, 0) is 31.9 Å². The Labute approximate surface area is 125 Å². The Morgan fingerprint density at radius 3 is 2.43 bits per heavy atom. The lowest BCUT2D eigenvalue weighted by Gasteiger charge is -2.26. The summed E-state index contributed by atoms with van der Waals surface area (Å²) in [4.78, 5) is 24.8. The first-order chi connectivity index (χ1) is 9.96. The highest BCUT2D eigenvalue weighted by Gasteiger charge is 2.22. The van der Waals surface area contributed by atoms with E-state index in [1.54, 1.807) is 24.1 Å². The Balaban J connectivity index is 3.11. The molecule has 0 aliphatic rings. The van der Waals surface area contributed by atoms with Gasteiger partial charge in [-0.2, -0.15) is 0 Å². The first kappa shape index (κ1) is 16.9. The Morgan fingerprint density at radius 2 is 1.95 bits per heavy atom. The second kappa shape index (κ2) is 7.61. The number of nitrogens with one attached hydrogen (secondary N) is 1. The number of hydrogen-bond donors (Lipinski definition) is 1. The van der Waals surface area contributed by atoms with Gasteiger partial charge >= 0.3 is 0 Å². The van der Waals surface area contributed by atoms with Crippen LogP contribution in [0.15, 0.2) is 18.2 Å². The molecule has 0 saturated heterocycles. The van der Waals surface area contributed by atoms with E-state index < -0.39 is 4.92 Å². The predicted molar refractivity (Wildman–Crippen MR) is 83.7 cm³/mol. The summed E-state index contributed by atoms with van der Waals surface area (Å²) < 4.78 is 0. The molecule has 0 radical (unpaired) electrons. The SMILES string of the molecule is CCNc1ccc(C(=O)N(C)C(CC)CC)cc1[N+](=O)[O-]. The van der Waals surface area contributed by atoms with Crippen LogP contribution in [0.4, 0.5) is 11.4 Å². The zero-order valence-electron chi connectivity index (χ0n) is 13.0. The topological polar surface area (TPSA) is 75.5 Å². The summed E-state index contributed by atoms with van der Waals surface area (Å²) in [6.45, 7) is 6.49. The van der Waals surface area contributed by atoms with Gasteiger partial charge in [0, 0.05) is 31.3 Å². The molecule has 1 rings (SSSR count). The lowest BCUT2D eigenvalue weighted by Crippen LogP contribution is -2.36. The van der Waals surface area contributed by atoms with Crippen LogP contribution < -0.4 is 5.32 Å². The molecule has 0 bridgehead atoms. The monoisotopic (exact) mass is 293 g/mol. The Hall–Kier alpha value is -2.11. The molecule has 0 aliphatic carbocycles. The van der Waals surface area contributed by atoms with Crippen molar-refractivity contribution >= 4 is 17.3 Å². The summed E-state index contributed by atoms with van der Waals surface area (Å²) in [5.41, 5.74) is 0.711. The van der Waals surface area contributed by atoms with E-state index >= 15 is 0 Å². The zero-order chi connectivity index (χ0) is 16.0. The molecule has 6 heteroatoms. The summed E-state index contributed by atoms with van der Waals surface area (Å²) in [6, 6.07) is 4.71. The van der Waals surface area contributed by atoms with Gasteiger partial charge in [-0.15, -0.1) is 0 Å². The van der Waals surface area contributed by atoms with Crippen LogP contribution in [0.25, 0.3) is 0 Å². The lowest BCUT2D eigenvalue weighted by atomic mass is 10.1. The summed E-state index contributed by atoms with van der Waals surface area (Å²) >= 11 is 0. The van der Waals surface area contributed by atoms with Gasteiger partial charge in [0.05, 0.1) is 4.92 Å². The first-order valence-electron chi connectivity index (χ1n) is 7.25. The molecule has 0 aliphatic heterocycles. The number of carbonyl (C=O) groups is 1. The van der Waals surface area contributed by atoms with Crippen molar-refractivity contribution in [1.82, 2.24) is 4.90 Å². The number of hydrogen-bond acceptors (Lipinski definition) is 4. The normalized spacial score (nSPS) is 10.5. The van der Waals surface area contributed by atoms with Crippen molar-refractivity contribution < 1.29 is 9.72 Å². The van der Waals surface area contributed by atoms with E-state index in [4.69, 9.17) is 0 Å². The minimum Gasteiger partial charge on any atom is -0.380 e. The van der Waals surface area contributed by atoms with Crippen LogP contribution >= 0.6 is 0 Å². The van der Waals surface area contributed by atoms with Gasteiger partial charge in [-0.3, -0.25) is 14.9 Å². The van der Waals surface area contributed by atoms with E-state index in [9.17, 15) is 14.9 Å². The summed E-state index contributed by atoms with van der Waals surface area (Å²) in [5, 5.41) is 14.1. The Kier molecular flexibility index (Phi) is 6.14. The molecular weight excluding hydrogens is 270 g/mol. The highest BCUT2D eigenvalue weighted by molar-refractivity contribution is 5.95. The second-order valence-corrected chi connectivity index (χ2v) is 4.91. The number of anilines is 1. The van der Waals surface area contributed by atoms with Crippen molar-refractivity contribution in [2.24, 2.45) is 0 Å². The van der Waals surface area contributed by atoms with Gasteiger partial charge in [-0.25, -0.2) is 0 Å². The highest BCUT2D eigenvalue weighted by Crippen LogP contribution is 2.26. The smallest absolute Gasteiger partial charge is 0.293 e. The van der Waals surface area contributed by atoms with Crippen LogP contribution in [0.2, 0.25) is 0 Å². The maximum absolute atomic E-state index is 12.4. The lowest BCUT2D eigenvalue weighted by molar-refractivity contribution is -0.384. The van der Waals surface area contributed by atoms with Crippen LogP contribution in [-0.2, 0) is 0 Å². The molecule has 0 saturated carbocycles. The Bertz CT molecular complexity index is 513. The molecule has 1 aromatic rings. The molecule has 116 valence electrons. The van der Waals surface area contributed by atoms with E-state index in [0.717, 1.165) is 12.8 Å². The number of rotatable bonds is 7. The van der Waals surface area contributed by atoms with Crippen molar-refractivity contribution in [3.05, 3.63) is 33.9 Å². The molecule has 1 N–H and O–H groups in total. The van der Waals surface area contributed by atoms with E-state index in [1.165, 1.54) is 6.07 Å². The van der Waals surface area contributed by atoms with Gasteiger partial charge in [0.2, 0.25) is 0 Å². The fourth-order valence-corrected chi connectivity index (χ4v) is 2.36. The van der Waals surface area contributed by atoms with Gasteiger partial charge in [0.1, 0.15) is 5.69 Å². The molecule has 0 fully saturated rings. The fourth-order valence-electron chi connectivity index (χ4n) is 2.36. The summed E-state index contributed by atoms with van der Waals surface area (Å²) in [5.74, 6) is -0.185. The van der Waals surface area contributed by atoms with E-state index in [2.05, 4.69) is 5.32 Å². The standard InChI is InChI=1S/C15H23N3O3/c1-5-12(6-2)17(4)15(19)11-8-9-13(16-7-3)14(10-11)18(20)21/h8-10,12,16H,5-7H2,1-4H3. The average molecular weight is 293 g/mol. The van der Waals surface area contributed by atoms with Crippen LogP contribution in [-0.4, -0.2) is 35.4 Å². The molecule has 0 heterocycles. The van der Waals surface area contributed by atoms with Crippen molar-refractivity contribution in [1.29, 1.82) is 0 Å². The predicted octanol–water partition coefficient (Wildman–Crippen LogP) is 3.29. The molecule has 1 aromatic carbocycles. The molecule has 21 heavy (non-hydrogen) atoms. The van der Waals surface area contributed by atoms with E-state index in [1.807, 2.05) is 20.8 Å². The number of carbonyl (C=O) groups excluding carboxylic acids is 1. The quantitative estimate of drug-likeness (QED) is 0.618. The van der Waals surface area contributed by atoms with Gasteiger partial charge < -0.3 is 10.2 Å². The number of benzene rings is 1. The molecule has 6 nitrogen and oxygen atoms in total. The number of amides is 1. The minimum atomic E-state index is -0.466. The van der Waals surface area contributed by atoms with Crippen molar-refractivity contribution in [3.8, 4) is 0 Å². The maximum atomic E-state index is 12.4. The maximum Gasteiger partial charge on any atom is 0.293 e. The van der Waals surface area contributed by atoms with Crippen LogP contribution in [0, 0.1) is 10.1 Å². The second-order valence-electron chi connectivity index (χ2n) is 4.91. The van der Waals surface area contributed by atoms with E-state index in [-0.39, 0.29) is 17.6 Å². The Morgan fingerprint density at radius 1 is 1.33 bits per heavy atom. The molecule has 0 atom stereocenters. The third-order valence-corrected chi connectivity index (χ3v) is 3.62. The molecule has 1 amide bonds. The third kappa shape index (κ3) is 3.93. The van der Waals surface area contributed by atoms with Crippen LogP contribution in [0.3, 0.4) is 0 Å². The summed E-state index contributed by atoms with van der Waals surface area (Å²) in [6.07, 6.45) is 1.71. The van der Waals surface area contributed by atoms with E-state index in [0.29, 0.717) is 17.8 Å². The fraction of sp³-hybridized carbons (Fsp3) is 0.533. The highest BCUT2D eigenvalue weighted by atomic mass is 16.6. The first-order valence-corrected chi connectivity index (χ1v) is 7.25. The van der Waals surface area contributed by atoms with Crippen LogP contribution in [0.5, 0.6) is 0 Å². The molecular formula is C15H23N3O3. The minimum absolute atomic E-state index is 0.0688. The third-order valence-electron chi connectivity index (χ3n) is 3.62. The van der Waals surface area contributed by atoms with Crippen molar-refractivity contribution in [2.75, 3.05) is 18.9 Å². The van der Waals surface area contributed by atoms with Crippen LogP contribution in [0.1, 0.15) is 44.0 Å². The molecule has 0 spiro atoms. The molecule has 0 aromatic heterocycles. The van der Waals surface area contributed by atoms with Gasteiger partial charge in [-0.1, -0.05) is 13.8 Å². The van der Waals surface area contributed by atoms with Crippen molar-refractivity contribution in [3.63, 3.8) is 0 Å². The summed E-state index contributed by atoms with van der Waals surface area (Å²) in [7, 11) is 1.74.